The van der Waals surface area contributed by atoms with E-state index < -0.39 is 0 Å². The molecule has 0 aliphatic rings. The third-order valence-electron chi connectivity index (χ3n) is 3.78. The molecule has 2 rings (SSSR count). The number of carbonyl (C=O) groups is 1. The summed E-state index contributed by atoms with van der Waals surface area (Å²) in [5.41, 5.74) is 3.44. The zero-order valence-electron chi connectivity index (χ0n) is 14.5. The van der Waals surface area contributed by atoms with Gasteiger partial charge in [0, 0.05) is 17.8 Å². The number of anilines is 2. The van der Waals surface area contributed by atoms with Crippen LogP contribution in [0, 0.1) is 13.8 Å². The Morgan fingerprint density at radius 3 is 2.08 bits per heavy atom. The van der Waals surface area contributed by atoms with Gasteiger partial charge in [0.25, 0.3) is 0 Å². The molecule has 0 aliphatic heterocycles. The molecule has 24 heavy (non-hydrogen) atoms. The molecule has 2 N–H and O–H groups in total. The fraction of sp³-hybridized carbons (Fsp3) is 0.278. The van der Waals surface area contributed by atoms with Gasteiger partial charge in [-0.05, 0) is 31.0 Å². The van der Waals surface area contributed by atoms with Crippen molar-refractivity contribution in [2.24, 2.45) is 0 Å². The van der Waals surface area contributed by atoms with E-state index in [9.17, 15) is 4.79 Å². The first-order valence-corrected chi connectivity index (χ1v) is 7.44. The van der Waals surface area contributed by atoms with Crippen molar-refractivity contribution in [3.63, 3.8) is 0 Å². The summed E-state index contributed by atoms with van der Waals surface area (Å²) in [6.07, 6.45) is 0. The maximum atomic E-state index is 12.3. The number of hydrogen-bond donors (Lipinski definition) is 2. The van der Waals surface area contributed by atoms with Crippen LogP contribution in [0.3, 0.4) is 0 Å². The largest absolute Gasteiger partial charge is 0.493 e. The fourth-order valence-corrected chi connectivity index (χ4v) is 2.32. The molecule has 0 bridgehead atoms. The molecule has 0 fully saturated rings. The highest BCUT2D eigenvalue weighted by atomic mass is 16.5. The number of urea groups is 1. The normalized spacial score (nSPS) is 10.0. The smallest absolute Gasteiger partial charge is 0.323 e. The first-order valence-electron chi connectivity index (χ1n) is 7.44. The number of carbonyl (C=O) groups excluding carboxylic acids is 1. The van der Waals surface area contributed by atoms with Crippen LogP contribution >= 0.6 is 0 Å². The molecular weight excluding hydrogens is 308 g/mol. The Balaban J connectivity index is 2.21. The van der Waals surface area contributed by atoms with E-state index in [0.717, 1.165) is 16.8 Å². The Bertz CT molecular complexity index is 719. The molecule has 128 valence electrons. The van der Waals surface area contributed by atoms with Crippen molar-refractivity contribution in [3.05, 3.63) is 41.5 Å². The SMILES string of the molecule is COc1cc(NC(=O)Nc2cccc(C)c2C)cc(OC)c1OC. The van der Waals surface area contributed by atoms with Crippen molar-refractivity contribution < 1.29 is 19.0 Å². The van der Waals surface area contributed by atoms with Gasteiger partial charge in [-0.25, -0.2) is 4.79 Å². The molecule has 2 aromatic rings. The lowest BCUT2D eigenvalue weighted by Crippen LogP contribution is -2.20. The molecule has 0 aliphatic carbocycles. The zero-order valence-corrected chi connectivity index (χ0v) is 14.5. The molecule has 0 spiro atoms. The second-order valence-electron chi connectivity index (χ2n) is 5.24. The second kappa shape index (κ2) is 7.59. The number of amides is 2. The van der Waals surface area contributed by atoms with Crippen LogP contribution in [0.15, 0.2) is 30.3 Å². The first kappa shape index (κ1) is 17.5. The number of nitrogens with one attached hydrogen (secondary N) is 2. The number of aryl methyl sites for hydroxylation is 1. The minimum atomic E-state index is -0.349. The van der Waals surface area contributed by atoms with E-state index in [1.54, 1.807) is 12.1 Å². The van der Waals surface area contributed by atoms with Crippen LogP contribution in [0.5, 0.6) is 17.2 Å². The monoisotopic (exact) mass is 330 g/mol. The highest BCUT2D eigenvalue weighted by Crippen LogP contribution is 2.39. The van der Waals surface area contributed by atoms with E-state index >= 15 is 0 Å². The molecule has 0 saturated heterocycles. The third-order valence-corrected chi connectivity index (χ3v) is 3.78. The van der Waals surface area contributed by atoms with Crippen LogP contribution in [0.25, 0.3) is 0 Å². The Kier molecular flexibility index (Phi) is 5.52. The van der Waals surface area contributed by atoms with Crippen molar-refractivity contribution in [1.29, 1.82) is 0 Å². The molecule has 0 aromatic heterocycles. The van der Waals surface area contributed by atoms with Crippen LogP contribution < -0.4 is 24.8 Å². The van der Waals surface area contributed by atoms with E-state index in [4.69, 9.17) is 14.2 Å². The molecule has 0 saturated carbocycles. The molecule has 0 heterocycles. The van der Waals surface area contributed by atoms with E-state index in [1.165, 1.54) is 21.3 Å². The lowest BCUT2D eigenvalue weighted by atomic mass is 10.1. The van der Waals surface area contributed by atoms with Crippen molar-refractivity contribution in [3.8, 4) is 17.2 Å². The summed E-state index contributed by atoms with van der Waals surface area (Å²) in [5.74, 6) is 1.42. The van der Waals surface area contributed by atoms with E-state index in [2.05, 4.69) is 10.6 Å². The summed E-state index contributed by atoms with van der Waals surface area (Å²) in [6.45, 7) is 3.96. The maximum absolute atomic E-state index is 12.3. The van der Waals surface area contributed by atoms with Gasteiger partial charge < -0.3 is 24.8 Å². The maximum Gasteiger partial charge on any atom is 0.323 e. The van der Waals surface area contributed by atoms with Crippen LogP contribution in [0.1, 0.15) is 11.1 Å². The number of rotatable bonds is 5. The Labute approximate surface area is 141 Å². The van der Waals surface area contributed by atoms with Gasteiger partial charge in [0.05, 0.1) is 27.0 Å². The summed E-state index contributed by atoms with van der Waals surface area (Å²) in [7, 11) is 4.58. The Hall–Kier alpha value is -2.89. The molecule has 2 aromatic carbocycles. The van der Waals surface area contributed by atoms with Gasteiger partial charge in [-0.15, -0.1) is 0 Å². The lowest BCUT2D eigenvalue weighted by molar-refractivity contribution is 0.262. The van der Waals surface area contributed by atoms with Crippen LogP contribution in [-0.2, 0) is 0 Å². The second-order valence-corrected chi connectivity index (χ2v) is 5.24. The molecule has 0 unspecified atom stereocenters. The van der Waals surface area contributed by atoms with E-state index in [1.807, 2.05) is 32.0 Å². The molecule has 0 radical (unpaired) electrons. The average Bonchev–Trinajstić information content (AvgIpc) is 2.57. The van der Waals surface area contributed by atoms with Gasteiger partial charge in [0.2, 0.25) is 5.75 Å². The van der Waals surface area contributed by atoms with Gasteiger partial charge >= 0.3 is 6.03 Å². The number of hydrogen-bond acceptors (Lipinski definition) is 4. The summed E-state index contributed by atoms with van der Waals surface area (Å²) in [4.78, 5) is 12.3. The van der Waals surface area contributed by atoms with E-state index in [0.29, 0.717) is 22.9 Å². The van der Waals surface area contributed by atoms with Gasteiger partial charge in [0.15, 0.2) is 11.5 Å². The van der Waals surface area contributed by atoms with Gasteiger partial charge in [-0.2, -0.15) is 0 Å². The topological polar surface area (TPSA) is 68.8 Å². The number of methoxy groups -OCH3 is 3. The standard InChI is InChI=1S/C18H22N2O4/c1-11-7-6-8-14(12(11)2)20-18(21)19-13-9-15(22-3)17(24-5)16(10-13)23-4/h6-10H,1-5H3,(H2,19,20,21). The molecule has 6 heteroatoms. The molecule has 0 atom stereocenters. The minimum absolute atomic E-state index is 0.349. The van der Waals surface area contributed by atoms with Gasteiger partial charge in [0.1, 0.15) is 0 Å². The number of ether oxygens (including phenoxy) is 3. The van der Waals surface area contributed by atoms with Crippen LogP contribution in [-0.4, -0.2) is 27.4 Å². The predicted molar refractivity (Wildman–Crippen MR) is 94.7 cm³/mol. The van der Waals surface area contributed by atoms with Crippen LogP contribution in [0.2, 0.25) is 0 Å². The first-order chi connectivity index (χ1) is 11.5. The van der Waals surface area contributed by atoms with E-state index in [-0.39, 0.29) is 6.03 Å². The third kappa shape index (κ3) is 3.71. The van der Waals surface area contributed by atoms with Crippen LogP contribution in [0.4, 0.5) is 16.2 Å². The summed E-state index contributed by atoms with van der Waals surface area (Å²) in [6, 6.07) is 8.75. The van der Waals surface area contributed by atoms with Crippen molar-refractivity contribution in [2.75, 3.05) is 32.0 Å². The molecular formula is C18H22N2O4. The van der Waals surface area contributed by atoms with Crippen molar-refractivity contribution in [2.45, 2.75) is 13.8 Å². The fourth-order valence-electron chi connectivity index (χ4n) is 2.32. The summed E-state index contributed by atoms with van der Waals surface area (Å²) >= 11 is 0. The predicted octanol–water partition coefficient (Wildman–Crippen LogP) is 3.97. The molecule has 2 amide bonds. The zero-order chi connectivity index (χ0) is 17.7. The summed E-state index contributed by atoms with van der Waals surface area (Å²) in [5, 5.41) is 5.61. The quantitative estimate of drug-likeness (QED) is 0.870. The Morgan fingerprint density at radius 1 is 0.917 bits per heavy atom. The Morgan fingerprint density at radius 2 is 1.54 bits per heavy atom. The average molecular weight is 330 g/mol. The number of benzene rings is 2. The lowest BCUT2D eigenvalue weighted by Gasteiger charge is -2.15. The highest BCUT2D eigenvalue weighted by Gasteiger charge is 2.14. The van der Waals surface area contributed by atoms with Gasteiger partial charge in [-0.1, -0.05) is 12.1 Å². The van der Waals surface area contributed by atoms with Crippen molar-refractivity contribution in [1.82, 2.24) is 0 Å². The van der Waals surface area contributed by atoms with Crippen molar-refractivity contribution >= 4 is 17.4 Å². The van der Waals surface area contributed by atoms with Gasteiger partial charge in [-0.3, -0.25) is 0 Å². The molecule has 6 nitrogen and oxygen atoms in total. The highest BCUT2D eigenvalue weighted by molar-refractivity contribution is 6.00. The minimum Gasteiger partial charge on any atom is -0.493 e. The summed E-state index contributed by atoms with van der Waals surface area (Å²) < 4.78 is 15.8.